The molecule has 2 nitrogen and oxygen atoms in total. The lowest BCUT2D eigenvalue weighted by Crippen LogP contribution is -2.33. The Morgan fingerprint density at radius 3 is 2.44 bits per heavy atom. The van der Waals surface area contributed by atoms with E-state index in [9.17, 15) is 4.79 Å². The number of carbonyl (C=O) groups is 1. The van der Waals surface area contributed by atoms with Crippen LogP contribution in [-0.2, 0) is 4.79 Å². The Hall–Kier alpha value is -0.240. The van der Waals surface area contributed by atoms with Gasteiger partial charge in [0, 0.05) is 13.0 Å². The van der Waals surface area contributed by atoms with Crippen molar-refractivity contribution in [2.75, 3.05) is 6.54 Å². The fraction of sp³-hybridized carbons (Fsp3) is 0.933. The second-order valence-electron chi connectivity index (χ2n) is 5.59. The normalized spacial score (nSPS) is 18.2. The highest BCUT2D eigenvalue weighted by molar-refractivity contribution is 6.21. The summed E-state index contributed by atoms with van der Waals surface area (Å²) in [6.07, 6.45) is 9.25. The molecule has 0 aromatic heterocycles. The van der Waals surface area contributed by atoms with Crippen molar-refractivity contribution in [1.29, 1.82) is 0 Å². The zero-order valence-corrected chi connectivity index (χ0v) is 12.6. The predicted octanol–water partition coefficient (Wildman–Crippen LogP) is 4.12. The van der Waals surface area contributed by atoms with Crippen LogP contribution in [0.2, 0.25) is 0 Å². The largest absolute Gasteiger partial charge is 0.355 e. The third-order valence-electron chi connectivity index (χ3n) is 4.31. The lowest BCUT2D eigenvalue weighted by molar-refractivity contribution is -0.121. The average molecular weight is 274 g/mol. The lowest BCUT2D eigenvalue weighted by atomic mass is 9.99. The molecule has 0 aliphatic heterocycles. The molecule has 0 bridgehead atoms. The first-order valence-electron chi connectivity index (χ1n) is 7.58. The molecule has 106 valence electrons. The van der Waals surface area contributed by atoms with E-state index in [-0.39, 0.29) is 11.3 Å². The first-order valence-corrected chi connectivity index (χ1v) is 8.01. The van der Waals surface area contributed by atoms with Gasteiger partial charge in [-0.15, -0.1) is 11.6 Å². The smallest absolute Gasteiger partial charge is 0.220 e. The topological polar surface area (TPSA) is 29.1 Å². The molecular weight excluding hydrogens is 246 g/mol. The van der Waals surface area contributed by atoms with Gasteiger partial charge in [-0.2, -0.15) is 0 Å². The van der Waals surface area contributed by atoms with Crippen molar-refractivity contribution in [1.82, 2.24) is 5.32 Å². The monoisotopic (exact) mass is 273 g/mol. The Labute approximate surface area is 117 Å². The van der Waals surface area contributed by atoms with Crippen LogP contribution in [0.25, 0.3) is 0 Å². The molecule has 0 aromatic rings. The summed E-state index contributed by atoms with van der Waals surface area (Å²) in [4.78, 5) is 11.7. The van der Waals surface area contributed by atoms with E-state index in [4.69, 9.17) is 11.6 Å². The van der Waals surface area contributed by atoms with Crippen LogP contribution >= 0.6 is 11.6 Å². The number of hydrogen-bond donors (Lipinski definition) is 1. The fourth-order valence-electron chi connectivity index (χ4n) is 2.90. The average Bonchev–Trinajstić information content (AvgIpc) is 2.88. The van der Waals surface area contributed by atoms with Gasteiger partial charge in [0.25, 0.3) is 0 Å². The van der Waals surface area contributed by atoms with Crippen molar-refractivity contribution in [2.24, 2.45) is 11.8 Å². The molecule has 0 saturated heterocycles. The van der Waals surface area contributed by atoms with Gasteiger partial charge < -0.3 is 5.32 Å². The quantitative estimate of drug-likeness (QED) is 0.663. The first kappa shape index (κ1) is 15.8. The number of nitrogens with one attached hydrogen (secondary N) is 1. The summed E-state index contributed by atoms with van der Waals surface area (Å²) in [5.41, 5.74) is 0. The molecule has 0 heterocycles. The van der Waals surface area contributed by atoms with Gasteiger partial charge in [0.15, 0.2) is 0 Å². The van der Waals surface area contributed by atoms with E-state index in [1.54, 1.807) is 0 Å². The Kier molecular flexibility index (Phi) is 7.73. The van der Waals surface area contributed by atoms with Crippen molar-refractivity contribution in [2.45, 2.75) is 70.6 Å². The summed E-state index contributed by atoms with van der Waals surface area (Å²) in [7, 11) is 0. The highest BCUT2D eigenvalue weighted by Gasteiger charge is 2.18. The van der Waals surface area contributed by atoms with Crippen LogP contribution in [0.3, 0.4) is 0 Å². The Balaban J connectivity index is 2.11. The molecule has 3 heteroatoms. The maximum atomic E-state index is 11.7. The Morgan fingerprint density at radius 2 is 1.89 bits per heavy atom. The van der Waals surface area contributed by atoms with E-state index < -0.39 is 0 Å². The van der Waals surface area contributed by atoms with E-state index in [2.05, 4.69) is 19.2 Å². The van der Waals surface area contributed by atoms with E-state index in [1.807, 2.05) is 0 Å². The number of amides is 1. The molecule has 1 rings (SSSR count). The van der Waals surface area contributed by atoms with Crippen molar-refractivity contribution >= 4 is 17.5 Å². The zero-order valence-electron chi connectivity index (χ0n) is 11.9. The van der Waals surface area contributed by atoms with Gasteiger partial charge in [0.2, 0.25) is 5.91 Å². The summed E-state index contributed by atoms with van der Waals surface area (Å²) in [5, 5.41) is 3.06. The molecule has 0 spiro atoms. The number of rotatable bonds is 8. The highest BCUT2D eigenvalue weighted by atomic mass is 35.5. The van der Waals surface area contributed by atoms with Crippen LogP contribution in [0.4, 0.5) is 0 Å². The molecule has 1 fully saturated rings. The SMILES string of the molecule is CCC(CC)C(Cl)CNC(=O)CCC1CCCC1. The molecule has 18 heavy (non-hydrogen) atoms. The minimum Gasteiger partial charge on any atom is -0.355 e. The second-order valence-corrected chi connectivity index (χ2v) is 6.15. The molecule has 1 unspecified atom stereocenters. The number of halogens is 1. The second kappa shape index (κ2) is 8.79. The van der Waals surface area contributed by atoms with Crippen LogP contribution in [-0.4, -0.2) is 17.8 Å². The van der Waals surface area contributed by atoms with Gasteiger partial charge in [0.1, 0.15) is 0 Å². The van der Waals surface area contributed by atoms with Crippen LogP contribution in [0.5, 0.6) is 0 Å². The van der Waals surface area contributed by atoms with Gasteiger partial charge in [-0.3, -0.25) is 4.79 Å². The molecule has 0 radical (unpaired) electrons. The maximum absolute atomic E-state index is 11.7. The molecule has 1 atom stereocenters. The summed E-state index contributed by atoms with van der Waals surface area (Å²) in [6.45, 7) is 4.94. The summed E-state index contributed by atoms with van der Waals surface area (Å²) >= 11 is 6.30. The van der Waals surface area contributed by atoms with Crippen LogP contribution < -0.4 is 5.32 Å². The highest BCUT2D eigenvalue weighted by Crippen LogP contribution is 2.28. The third-order valence-corrected chi connectivity index (χ3v) is 4.82. The fourth-order valence-corrected chi connectivity index (χ4v) is 3.33. The lowest BCUT2D eigenvalue weighted by Gasteiger charge is -2.19. The van der Waals surface area contributed by atoms with Gasteiger partial charge in [-0.25, -0.2) is 0 Å². The van der Waals surface area contributed by atoms with Gasteiger partial charge in [0.05, 0.1) is 5.38 Å². The summed E-state index contributed by atoms with van der Waals surface area (Å²) in [6, 6.07) is 0. The Bertz CT molecular complexity index is 235. The number of alkyl halides is 1. The van der Waals surface area contributed by atoms with Gasteiger partial charge in [-0.05, 0) is 18.3 Å². The summed E-state index contributed by atoms with van der Waals surface area (Å²) < 4.78 is 0. The Morgan fingerprint density at radius 1 is 1.28 bits per heavy atom. The zero-order chi connectivity index (χ0) is 13.4. The number of hydrogen-bond acceptors (Lipinski definition) is 1. The van der Waals surface area contributed by atoms with Gasteiger partial charge >= 0.3 is 0 Å². The molecule has 1 aliphatic rings. The molecule has 1 saturated carbocycles. The maximum Gasteiger partial charge on any atom is 0.220 e. The number of carbonyl (C=O) groups excluding carboxylic acids is 1. The standard InChI is InChI=1S/C15H28ClNO/c1-3-13(4-2)14(16)11-17-15(18)10-9-12-7-5-6-8-12/h12-14H,3-11H2,1-2H3,(H,17,18). The third kappa shape index (κ3) is 5.60. The molecule has 1 N–H and O–H groups in total. The van der Waals surface area contributed by atoms with Crippen LogP contribution in [0, 0.1) is 11.8 Å². The molecular formula is C15H28ClNO. The minimum atomic E-state index is 0.0791. The van der Waals surface area contributed by atoms with E-state index in [0.29, 0.717) is 18.9 Å². The molecule has 1 amide bonds. The van der Waals surface area contributed by atoms with E-state index >= 15 is 0 Å². The van der Waals surface area contributed by atoms with E-state index in [1.165, 1.54) is 25.7 Å². The van der Waals surface area contributed by atoms with E-state index in [0.717, 1.165) is 25.2 Å². The molecule has 0 aromatic carbocycles. The molecule has 1 aliphatic carbocycles. The van der Waals surface area contributed by atoms with Crippen molar-refractivity contribution < 1.29 is 4.79 Å². The van der Waals surface area contributed by atoms with Crippen molar-refractivity contribution in [3.05, 3.63) is 0 Å². The van der Waals surface area contributed by atoms with Crippen LogP contribution in [0.1, 0.15) is 65.2 Å². The van der Waals surface area contributed by atoms with Gasteiger partial charge in [-0.1, -0.05) is 52.4 Å². The minimum absolute atomic E-state index is 0.0791. The predicted molar refractivity (Wildman–Crippen MR) is 77.9 cm³/mol. The van der Waals surface area contributed by atoms with Crippen LogP contribution in [0.15, 0.2) is 0 Å². The van der Waals surface area contributed by atoms with Crippen molar-refractivity contribution in [3.63, 3.8) is 0 Å². The summed E-state index contributed by atoms with van der Waals surface area (Å²) in [5.74, 6) is 1.49. The van der Waals surface area contributed by atoms with Crippen molar-refractivity contribution in [3.8, 4) is 0 Å². The first-order chi connectivity index (χ1) is 8.67.